The molecule has 0 unspecified atom stereocenters. The predicted molar refractivity (Wildman–Crippen MR) is 74.2 cm³/mol. The van der Waals surface area contributed by atoms with Crippen molar-refractivity contribution in [3.8, 4) is 5.88 Å². The molecular weight excluding hydrogens is 228 g/mol. The maximum Gasteiger partial charge on any atom is 0.234 e. The lowest BCUT2D eigenvalue weighted by molar-refractivity contribution is 0.231. The zero-order valence-electron chi connectivity index (χ0n) is 11.8. The van der Waals surface area contributed by atoms with Gasteiger partial charge in [0, 0.05) is 20.1 Å². The van der Waals surface area contributed by atoms with E-state index in [1.54, 1.807) is 12.4 Å². The van der Waals surface area contributed by atoms with Gasteiger partial charge in [0.2, 0.25) is 5.88 Å². The highest BCUT2D eigenvalue weighted by molar-refractivity contribution is 5.36. The van der Waals surface area contributed by atoms with Crippen molar-refractivity contribution >= 4 is 5.82 Å². The van der Waals surface area contributed by atoms with Crippen LogP contribution in [0.5, 0.6) is 5.88 Å². The van der Waals surface area contributed by atoms with E-state index in [1.165, 1.54) is 0 Å². The van der Waals surface area contributed by atoms with Gasteiger partial charge in [-0.05, 0) is 26.8 Å². The third kappa shape index (κ3) is 5.31. The predicted octanol–water partition coefficient (Wildman–Crippen LogP) is 1.70. The molecule has 0 aromatic carbocycles. The summed E-state index contributed by atoms with van der Waals surface area (Å²) in [6, 6.07) is 0. The number of hydrogen-bond acceptors (Lipinski definition) is 5. The second kappa shape index (κ2) is 7.87. The van der Waals surface area contributed by atoms with Crippen molar-refractivity contribution in [3.05, 3.63) is 12.4 Å². The van der Waals surface area contributed by atoms with E-state index >= 15 is 0 Å². The molecule has 0 saturated carbocycles. The SMILES string of the molecule is CCCNCCN(C)c1cncc(OC(C)C)n1. The molecule has 5 nitrogen and oxygen atoms in total. The van der Waals surface area contributed by atoms with Crippen LogP contribution in [0.1, 0.15) is 27.2 Å². The third-order valence-corrected chi connectivity index (χ3v) is 2.40. The summed E-state index contributed by atoms with van der Waals surface area (Å²) in [7, 11) is 2.01. The molecular formula is C13H24N4O. The molecule has 102 valence electrons. The van der Waals surface area contributed by atoms with E-state index in [9.17, 15) is 0 Å². The van der Waals surface area contributed by atoms with E-state index in [2.05, 4.69) is 27.1 Å². The fraction of sp³-hybridized carbons (Fsp3) is 0.692. The van der Waals surface area contributed by atoms with E-state index in [4.69, 9.17) is 4.74 Å². The van der Waals surface area contributed by atoms with Crippen molar-refractivity contribution < 1.29 is 4.74 Å². The zero-order valence-corrected chi connectivity index (χ0v) is 11.8. The lowest BCUT2D eigenvalue weighted by Gasteiger charge is -2.19. The first-order valence-electron chi connectivity index (χ1n) is 6.54. The van der Waals surface area contributed by atoms with Crippen molar-refractivity contribution in [2.75, 3.05) is 31.6 Å². The smallest absolute Gasteiger partial charge is 0.234 e. The Kier molecular flexibility index (Phi) is 6.43. The molecule has 18 heavy (non-hydrogen) atoms. The number of hydrogen-bond donors (Lipinski definition) is 1. The highest BCUT2D eigenvalue weighted by atomic mass is 16.5. The molecule has 0 fully saturated rings. The summed E-state index contributed by atoms with van der Waals surface area (Å²) in [6.07, 6.45) is 4.67. The highest BCUT2D eigenvalue weighted by Gasteiger charge is 2.05. The van der Waals surface area contributed by atoms with Gasteiger partial charge in [-0.15, -0.1) is 0 Å². The van der Waals surface area contributed by atoms with Crippen LogP contribution in [0.3, 0.4) is 0 Å². The van der Waals surface area contributed by atoms with Crippen LogP contribution >= 0.6 is 0 Å². The van der Waals surface area contributed by atoms with Crippen LogP contribution in [-0.4, -0.2) is 42.8 Å². The molecule has 1 heterocycles. The Bertz CT molecular complexity index is 344. The second-order valence-corrected chi connectivity index (χ2v) is 4.55. The van der Waals surface area contributed by atoms with E-state index in [-0.39, 0.29) is 6.10 Å². The van der Waals surface area contributed by atoms with Gasteiger partial charge >= 0.3 is 0 Å². The number of aromatic nitrogens is 2. The molecule has 0 saturated heterocycles. The van der Waals surface area contributed by atoms with E-state index < -0.39 is 0 Å². The quantitative estimate of drug-likeness (QED) is 0.714. The average Bonchev–Trinajstić information content (AvgIpc) is 2.34. The topological polar surface area (TPSA) is 50.3 Å². The van der Waals surface area contributed by atoms with Crippen LogP contribution in [-0.2, 0) is 0 Å². The van der Waals surface area contributed by atoms with Crippen molar-refractivity contribution in [1.29, 1.82) is 0 Å². The molecule has 0 amide bonds. The van der Waals surface area contributed by atoms with Crippen molar-refractivity contribution in [3.63, 3.8) is 0 Å². The standard InChI is InChI=1S/C13H24N4O/c1-5-6-14-7-8-17(4)12-9-15-10-13(16-12)18-11(2)3/h9-11,14H,5-8H2,1-4H3. The summed E-state index contributed by atoms with van der Waals surface area (Å²) in [5.41, 5.74) is 0. The first-order valence-corrected chi connectivity index (χ1v) is 6.54. The van der Waals surface area contributed by atoms with Gasteiger partial charge < -0.3 is 15.0 Å². The Hall–Kier alpha value is -1.36. The average molecular weight is 252 g/mol. The number of nitrogens with zero attached hydrogens (tertiary/aromatic N) is 3. The molecule has 0 aliphatic carbocycles. The molecule has 0 radical (unpaired) electrons. The minimum atomic E-state index is 0.117. The molecule has 0 bridgehead atoms. The van der Waals surface area contributed by atoms with Crippen molar-refractivity contribution in [2.45, 2.75) is 33.3 Å². The Morgan fingerprint density at radius 3 is 2.78 bits per heavy atom. The molecule has 5 heteroatoms. The first-order chi connectivity index (χ1) is 8.63. The van der Waals surface area contributed by atoms with Gasteiger partial charge in [0.05, 0.1) is 18.5 Å². The van der Waals surface area contributed by atoms with E-state index in [0.717, 1.165) is 31.9 Å². The Balaban J connectivity index is 2.48. The Labute approximate surface area is 110 Å². The number of likely N-dealkylation sites (N-methyl/N-ethyl adjacent to an activating group) is 1. The molecule has 0 atom stereocenters. The number of nitrogens with one attached hydrogen (secondary N) is 1. The minimum absolute atomic E-state index is 0.117. The summed E-state index contributed by atoms with van der Waals surface area (Å²) < 4.78 is 5.53. The highest BCUT2D eigenvalue weighted by Crippen LogP contribution is 2.13. The summed E-state index contributed by atoms with van der Waals surface area (Å²) in [5, 5.41) is 3.36. The van der Waals surface area contributed by atoms with Gasteiger partial charge in [0.15, 0.2) is 5.82 Å². The van der Waals surface area contributed by atoms with Crippen LogP contribution in [0.2, 0.25) is 0 Å². The number of ether oxygens (including phenoxy) is 1. The fourth-order valence-corrected chi connectivity index (χ4v) is 1.48. The lowest BCUT2D eigenvalue weighted by atomic mass is 10.4. The summed E-state index contributed by atoms with van der Waals surface area (Å²) in [4.78, 5) is 10.7. The van der Waals surface area contributed by atoms with Crippen LogP contribution in [0.4, 0.5) is 5.82 Å². The summed E-state index contributed by atoms with van der Waals surface area (Å²) in [5.74, 6) is 1.42. The normalized spacial score (nSPS) is 10.7. The van der Waals surface area contributed by atoms with Crippen LogP contribution < -0.4 is 15.0 Å². The van der Waals surface area contributed by atoms with Gasteiger partial charge in [0.25, 0.3) is 0 Å². The molecule has 0 aliphatic rings. The number of rotatable bonds is 8. The van der Waals surface area contributed by atoms with E-state index in [1.807, 2.05) is 20.9 Å². The monoisotopic (exact) mass is 252 g/mol. The van der Waals surface area contributed by atoms with Gasteiger partial charge in [-0.3, -0.25) is 4.98 Å². The largest absolute Gasteiger partial charge is 0.474 e. The zero-order chi connectivity index (χ0) is 13.4. The third-order valence-electron chi connectivity index (χ3n) is 2.40. The second-order valence-electron chi connectivity index (χ2n) is 4.55. The van der Waals surface area contributed by atoms with Crippen LogP contribution in [0, 0.1) is 0 Å². The lowest BCUT2D eigenvalue weighted by Crippen LogP contribution is -2.30. The molecule has 0 spiro atoms. The molecule has 1 aromatic rings. The maximum atomic E-state index is 5.53. The molecule has 1 N–H and O–H groups in total. The van der Waals surface area contributed by atoms with Crippen LogP contribution in [0.15, 0.2) is 12.4 Å². The fourth-order valence-electron chi connectivity index (χ4n) is 1.48. The Morgan fingerprint density at radius 1 is 1.33 bits per heavy atom. The molecule has 1 aromatic heterocycles. The van der Waals surface area contributed by atoms with Gasteiger partial charge in [-0.2, -0.15) is 4.98 Å². The Morgan fingerprint density at radius 2 is 2.11 bits per heavy atom. The molecule has 1 rings (SSSR count). The molecule has 0 aliphatic heterocycles. The van der Waals surface area contributed by atoms with Crippen molar-refractivity contribution in [2.24, 2.45) is 0 Å². The maximum absolute atomic E-state index is 5.53. The van der Waals surface area contributed by atoms with Gasteiger partial charge in [-0.25, -0.2) is 0 Å². The van der Waals surface area contributed by atoms with Crippen molar-refractivity contribution in [1.82, 2.24) is 15.3 Å². The van der Waals surface area contributed by atoms with Gasteiger partial charge in [0.1, 0.15) is 0 Å². The van der Waals surface area contributed by atoms with Crippen LogP contribution in [0.25, 0.3) is 0 Å². The van der Waals surface area contributed by atoms with E-state index in [0.29, 0.717) is 5.88 Å². The number of anilines is 1. The summed E-state index contributed by atoms with van der Waals surface area (Å²) in [6.45, 7) is 9.02. The summed E-state index contributed by atoms with van der Waals surface area (Å²) >= 11 is 0. The first kappa shape index (κ1) is 14.7. The van der Waals surface area contributed by atoms with Gasteiger partial charge in [-0.1, -0.05) is 6.92 Å². The minimum Gasteiger partial charge on any atom is -0.474 e.